The molecule has 0 aromatic heterocycles. The maximum absolute atomic E-state index is 11.1. The Labute approximate surface area is 208 Å². The van der Waals surface area contributed by atoms with Crippen LogP contribution in [0.25, 0.3) is 0 Å². The molecule has 0 N–H and O–H groups in total. The quantitative estimate of drug-likeness (QED) is 0.261. The molecular weight excluding hydrogens is 412 g/mol. The van der Waals surface area contributed by atoms with Crippen molar-refractivity contribution in [2.75, 3.05) is 0 Å². The number of carbonyl (C=O) groups is 4. The van der Waals surface area contributed by atoms with Crippen molar-refractivity contribution in [1.29, 1.82) is 0 Å². The van der Waals surface area contributed by atoms with Crippen LogP contribution in [0.5, 0.6) is 0 Å². The Morgan fingerprint density at radius 3 is 1.27 bits per heavy atom. The van der Waals surface area contributed by atoms with Crippen molar-refractivity contribution in [3.63, 3.8) is 0 Å². The molecule has 0 amide bonds. The molecule has 0 aliphatic rings. The highest BCUT2D eigenvalue weighted by Crippen LogP contribution is 2.16. The fraction of sp³-hybridized carbons (Fsp3) is 0.655. The Morgan fingerprint density at radius 1 is 0.818 bits per heavy atom. The number of terminal acetylenes is 1. The molecule has 0 saturated heterocycles. The zero-order valence-electron chi connectivity index (χ0n) is 26.4. The lowest BCUT2D eigenvalue weighted by atomic mass is 9.90. The van der Waals surface area contributed by atoms with Crippen LogP contribution >= 0.6 is 0 Å². The van der Waals surface area contributed by atoms with E-state index in [1.807, 2.05) is 48.5 Å². The van der Waals surface area contributed by atoms with Gasteiger partial charge in [0.25, 0.3) is 0 Å². The maximum Gasteiger partial charge on any atom is 0.210 e. The molecule has 0 spiro atoms. The first-order chi connectivity index (χ1) is 15.7. The minimum atomic E-state index is -0.718. The van der Waals surface area contributed by atoms with Crippen molar-refractivity contribution in [2.45, 2.75) is 103 Å². The summed E-state index contributed by atoms with van der Waals surface area (Å²) in [5.74, 6) is 6.87. The van der Waals surface area contributed by atoms with Crippen molar-refractivity contribution < 1.29 is 23.3 Å². The summed E-state index contributed by atoms with van der Waals surface area (Å²) in [6.45, 7) is 24.6. The average molecular weight is 464 g/mol. The van der Waals surface area contributed by atoms with Crippen LogP contribution in [0.15, 0.2) is 12.6 Å². The minimum absolute atomic E-state index is 0.00463. The topological polar surface area (TPSA) is 68.3 Å². The van der Waals surface area contributed by atoms with E-state index >= 15 is 0 Å². The van der Waals surface area contributed by atoms with Gasteiger partial charge >= 0.3 is 0 Å². The molecule has 0 aromatic carbocycles. The Kier molecular flexibility index (Phi) is 15.0. The Morgan fingerprint density at radius 2 is 1.21 bits per heavy atom. The summed E-state index contributed by atoms with van der Waals surface area (Å²) in [6.07, 6.45) is 5.51. The van der Waals surface area contributed by atoms with Gasteiger partial charge in [-0.25, -0.2) is 0 Å². The molecule has 0 bridgehead atoms. The molecule has 0 unspecified atom stereocenters. The van der Waals surface area contributed by atoms with Crippen LogP contribution in [0.4, 0.5) is 0 Å². The SMILES string of the molecule is C#CC(=O)C(C)(C)C.CC#CC(=O)C(C)(C)C.CCC(=O)C(C)(C)C.[2H]C([2H])=C([2H])C(=O)C(C)(C)C. The van der Waals surface area contributed by atoms with Crippen molar-refractivity contribution in [3.05, 3.63) is 12.6 Å². The summed E-state index contributed by atoms with van der Waals surface area (Å²) >= 11 is 0. The molecular formula is C29H48O4. The van der Waals surface area contributed by atoms with Crippen LogP contribution in [-0.2, 0) is 19.2 Å². The third-order valence-electron chi connectivity index (χ3n) is 3.68. The summed E-state index contributed by atoms with van der Waals surface area (Å²) < 4.78 is 20.5. The van der Waals surface area contributed by atoms with Crippen LogP contribution in [0.1, 0.15) is 107 Å². The summed E-state index contributed by atoms with van der Waals surface area (Å²) in [7, 11) is 0. The van der Waals surface area contributed by atoms with Gasteiger partial charge in [-0.3, -0.25) is 19.2 Å². The van der Waals surface area contributed by atoms with E-state index in [-0.39, 0.29) is 27.8 Å². The monoisotopic (exact) mass is 463 g/mol. The van der Waals surface area contributed by atoms with Gasteiger partial charge < -0.3 is 0 Å². The molecule has 0 fully saturated rings. The van der Waals surface area contributed by atoms with Crippen LogP contribution in [0.2, 0.25) is 0 Å². The van der Waals surface area contributed by atoms with Gasteiger partial charge in [-0.1, -0.05) is 102 Å². The highest BCUT2D eigenvalue weighted by molar-refractivity contribution is 5.99. The van der Waals surface area contributed by atoms with Crippen molar-refractivity contribution in [2.24, 2.45) is 21.7 Å². The van der Waals surface area contributed by atoms with Crippen molar-refractivity contribution >= 4 is 23.1 Å². The van der Waals surface area contributed by atoms with Gasteiger partial charge in [0.05, 0.1) is 4.11 Å². The maximum atomic E-state index is 11.1. The van der Waals surface area contributed by atoms with Gasteiger partial charge in [-0.05, 0) is 24.8 Å². The summed E-state index contributed by atoms with van der Waals surface area (Å²) in [5.41, 5.74) is -1.46. The molecule has 0 atom stereocenters. The number of rotatable bonds is 2. The third kappa shape index (κ3) is 24.0. The molecule has 33 heavy (non-hydrogen) atoms. The lowest BCUT2D eigenvalue weighted by Gasteiger charge is -2.13. The Hall–Kier alpha value is -2.46. The molecule has 0 aliphatic carbocycles. The van der Waals surface area contributed by atoms with E-state index in [2.05, 4.69) is 17.8 Å². The standard InChI is InChI=1S/C8H12O.C7H14O.C7H12O.C7H10O/c1-5-6-7(9)8(2,3)4;3*1-5-6(8)7(2,3)4/h1-4H3;5H2,1-4H3;5H,1H2,2-4H3;1H,2-4H3/i;;1D2,5D;. The van der Waals surface area contributed by atoms with Crippen LogP contribution < -0.4 is 0 Å². The summed E-state index contributed by atoms with van der Waals surface area (Å²) in [4.78, 5) is 43.4. The number of allylic oxidation sites excluding steroid dienone is 1. The molecule has 4 heteroatoms. The smallest absolute Gasteiger partial charge is 0.210 e. The fourth-order valence-electron chi connectivity index (χ4n) is 1.24. The second-order valence-electron chi connectivity index (χ2n) is 11.4. The second kappa shape index (κ2) is 16.2. The van der Waals surface area contributed by atoms with Gasteiger partial charge in [-0.15, -0.1) is 6.42 Å². The predicted octanol–water partition coefficient (Wildman–Crippen LogP) is 6.66. The van der Waals surface area contributed by atoms with E-state index in [1.54, 1.807) is 48.5 Å². The number of hydrogen-bond donors (Lipinski definition) is 0. The predicted molar refractivity (Wildman–Crippen MR) is 141 cm³/mol. The van der Waals surface area contributed by atoms with E-state index < -0.39 is 23.8 Å². The van der Waals surface area contributed by atoms with Gasteiger partial charge in [0, 0.05) is 28.1 Å². The lowest BCUT2D eigenvalue weighted by Crippen LogP contribution is -2.18. The molecule has 0 radical (unpaired) electrons. The molecule has 0 saturated carbocycles. The van der Waals surface area contributed by atoms with Crippen molar-refractivity contribution in [3.8, 4) is 24.2 Å². The highest BCUT2D eigenvalue weighted by Gasteiger charge is 2.19. The number of ketones is 4. The number of carbonyl (C=O) groups excluding carboxylic acids is 4. The van der Waals surface area contributed by atoms with E-state index in [4.69, 9.17) is 10.5 Å². The molecule has 0 rings (SSSR count). The van der Waals surface area contributed by atoms with Gasteiger partial charge in [-0.2, -0.15) is 0 Å². The normalized spacial score (nSPS) is 11.7. The zero-order valence-corrected chi connectivity index (χ0v) is 23.4. The molecule has 0 aromatic rings. The second-order valence-corrected chi connectivity index (χ2v) is 11.4. The lowest BCUT2D eigenvalue weighted by molar-refractivity contribution is -0.126. The fourth-order valence-corrected chi connectivity index (χ4v) is 1.24. The molecule has 188 valence electrons. The zero-order chi connectivity index (χ0) is 30.3. The van der Waals surface area contributed by atoms with Crippen molar-refractivity contribution in [1.82, 2.24) is 0 Å². The van der Waals surface area contributed by atoms with Gasteiger partial charge in [0.15, 0.2) is 5.78 Å². The largest absolute Gasteiger partial charge is 0.299 e. The van der Waals surface area contributed by atoms with E-state index in [1.165, 1.54) is 0 Å². The Bertz CT molecular complexity index is 877. The first kappa shape index (κ1) is 30.5. The first-order valence-electron chi connectivity index (χ1n) is 12.4. The van der Waals surface area contributed by atoms with Crippen LogP contribution in [0.3, 0.4) is 0 Å². The van der Waals surface area contributed by atoms with Crippen LogP contribution in [-0.4, -0.2) is 23.1 Å². The molecule has 0 aliphatic heterocycles. The van der Waals surface area contributed by atoms with Gasteiger partial charge in [0.1, 0.15) is 5.78 Å². The van der Waals surface area contributed by atoms with E-state index in [9.17, 15) is 19.2 Å². The number of Topliss-reactive ketones (excluding diaryl/α,β-unsaturated/α-hetero) is 3. The minimum Gasteiger partial charge on any atom is -0.299 e. The summed E-state index contributed by atoms with van der Waals surface area (Å²) in [6, 6.07) is -0.516. The summed E-state index contributed by atoms with van der Waals surface area (Å²) in [5, 5.41) is 0. The van der Waals surface area contributed by atoms with E-state index in [0.29, 0.717) is 12.2 Å². The average Bonchev–Trinajstić information content (AvgIpc) is 2.70. The molecule has 4 nitrogen and oxygen atoms in total. The molecule has 0 heterocycles. The third-order valence-corrected chi connectivity index (χ3v) is 3.68. The van der Waals surface area contributed by atoms with Gasteiger partial charge in [0.2, 0.25) is 11.6 Å². The first-order valence-corrected chi connectivity index (χ1v) is 10.9. The number of hydrogen-bond acceptors (Lipinski definition) is 4. The van der Waals surface area contributed by atoms with Crippen LogP contribution in [0, 0.1) is 45.8 Å². The Balaban J connectivity index is -0.000000191. The van der Waals surface area contributed by atoms with E-state index in [0.717, 1.165) is 0 Å². The highest BCUT2D eigenvalue weighted by atomic mass is 16.1.